The molecule has 1 N–H and O–H groups in total. The normalized spacial score (nSPS) is 14.7. The largest absolute Gasteiger partial charge is 0.368 e. The lowest BCUT2D eigenvalue weighted by atomic mass is 10.2. The molecule has 2 heterocycles. The van der Waals surface area contributed by atoms with Gasteiger partial charge in [0.1, 0.15) is 0 Å². The molecule has 1 saturated heterocycles. The highest BCUT2D eigenvalue weighted by molar-refractivity contribution is 6.01. The van der Waals surface area contributed by atoms with E-state index in [2.05, 4.69) is 58.1 Å². The monoisotopic (exact) mass is 348 g/mol. The number of urea groups is 1. The number of rotatable bonds is 3. The van der Waals surface area contributed by atoms with Crippen LogP contribution in [-0.2, 0) is 6.54 Å². The summed E-state index contributed by atoms with van der Waals surface area (Å²) < 4.78 is 2.16. The molecule has 0 spiro atoms. The van der Waals surface area contributed by atoms with Crippen LogP contribution in [0.5, 0.6) is 0 Å². The van der Waals surface area contributed by atoms with Crippen LogP contribution in [-0.4, -0.2) is 41.7 Å². The number of amides is 2. The average molecular weight is 348 g/mol. The molecule has 2 amide bonds. The van der Waals surface area contributed by atoms with Crippen molar-refractivity contribution in [1.82, 2.24) is 9.47 Å². The fraction of sp³-hybridized carbons (Fsp3) is 0.286. The number of carbonyl (C=O) groups is 1. The smallest absolute Gasteiger partial charge is 0.322 e. The van der Waals surface area contributed by atoms with Gasteiger partial charge in [-0.2, -0.15) is 0 Å². The molecule has 2 aromatic carbocycles. The fourth-order valence-corrected chi connectivity index (χ4v) is 3.61. The quantitative estimate of drug-likeness (QED) is 0.777. The third kappa shape index (κ3) is 3.12. The summed E-state index contributed by atoms with van der Waals surface area (Å²) in [5.41, 5.74) is 3.26. The minimum atomic E-state index is -0.0169. The number of aromatic nitrogens is 1. The zero-order chi connectivity index (χ0) is 17.9. The van der Waals surface area contributed by atoms with Crippen LogP contribution < -0.4 is 10.2 Å². The van der Waals surface area contributed by atoms with Gasteiger partial charge < -0.3 is 19.7 Å². The summed E-state index contributed by atoms with van der Waals surface area (Å²) in [6.45, 7) is 6.16. The first-order chi connectivity index (χ1) is 12.8. The molecule has 1 aliphatic heterocycles. The topological polar surface area (TPSA) is 40.5 Å². The molecule has 0 aliphatic carbocycles. The van der Waals surface area contributed by atoms with E-state index >= 15 is 0 Å². The molecule has 0 unspecified atom stereocenters. The van der Waals surface area contributed by atoms with Crippen LogP contribution in [0, 0.1) is 0 Å². The van der Waals surface area contributed by atoms with E-state index in [-0.39, 0.29) is 6.03 Å². The predicted octanol–water partition coefficient (Wildman–Crippen LogP) is 4.02. The Morgan fingerprint density at radius 1 is 0.962 bits per heavy atom. The first-order valence-corrected chi connectivity index (χ1v) is 9.20. The van der Waals surface area contributed by atoms with E-state index in [1.165, 1.54) is 5.69 Å². The van der Waals surface area contributed by atoms with Gasteiger partial charge in [0.15, 0.2) is 0 Å². The summed E-state index contributed by atoms with van der Waals surface area (Å²) in [7, 11) is 0. The fourth-order valence-electron chi connectivity index (χ4n) is 3.61. The van der Waals surface area contributed by atoms with Crippen LogP contribution in [0.2, 0.25) is 0 Å². The van der Waals surface area contributed by atoms with Crippen molar-refractivity contribution in [2.75, 3.05) is 36.4 Å². The molecular weight excluding hydrogens is 324 g/mol. The van der Waals surface area contributed by atoms with Gasteiger partial charge in [0.25, 0.3) is 0 Å². The molecule has 26 heavy (non-hydrogen) atoms. The number of para-hydroxylation sites is 2. The molecular formula is C21H24N4O. The maximum absolute atomic E-state index is 12.7. The molecule has 0 bridgehead atoms. The summed E-state index contributed by atoms with van der Waals surface area (Å²) in [4.78, 5) is 17.0. The molecule has 0 radical (unpaired) electrons. The molecule has 0 atom stereocenters. The summed E-state index contributed by atoms with van der Waals surface area (Å²) in [6, 6.07) is 18.6. The van der Waals surface area contributed by atoms with Crippen molar-refractivity contribution in [1.29, 1.82) is 0 Å². The van der Waals surface area contributed by atoms with Crippen LogP contribution in [0.1, 0.15) is 6.92 Å². The Kier molecular flexibility index (Phi) is 4.52. The first-order valence-electron chi connectivity index (χ1n) is 9.20. The van der Waals surface area contributed by atoms with E-state index in [9.17, 15) is 4.79 Å². The summed E-state index contributed by atoms with van der Waals surface area (Å²) in [5.74, 6) is 0. The van der Waals surface area contributed by atoms with Crippen molar-refractivity contribution in [2.45, 2.75) is 13.5 Å². The first kappa shape index (κ1) is 16.5. The van der Waals surface area contributed by atoms with E-state index in [1.54, 1.807) is 0 Å². The second-order valence-corrected chi connectivity index (χ2v) is 6.59. The number of nitrogens with one attached hydrogen (secondary N) is 1. The average Bonchev–Trinajstić information content (AvgIpc) is 3.06. The van der Waals surface area contributed by atoms with Gasteiger partial charge in [-0.05, 0) is 25.1 Å². The van der Waals surface area contributed by atoms with Crippen LogP contribution in [0.4, 0.5) is 16.2 Å². The number of piperazine rings is 1. The summed E-state index contributed by atoms with van der Waals surface area (Å²) >= 11 is 0. The number of aryl methyl sites for hydroxylation is 1. The van der Waals surface area contributed by atoms with Crippen molar-refractivity contribution in [3.63, 3.8) is 0 Å². The minimum Gasteiger partial charge on any atom is -0.368 e. The standard InChI is InChI=1S/C21H24N4O/c1-2-23-16-19(18-10-6-7-11-20(18)23)22-21(26)25-14-12-24(13-15-25)17-8-4-3-5-9-17/h3-11,16H,2,12-15H2,1H3,(H,22,26). The van der Waals surface area contributed by atoms with Gasteiger partial charge in [-0.25, -0.2) is 4.79 Å². The lowest BCUT2D eigenvalue weighted by molar-refractivity contribution is 0.208. The second kappa shape index (κ2) is 7.12. The van der Waals surface area contributed by atoms with Crippen molar-refractivity contribution >= 4 is 28.3 Å². The molecule has 4 rings (SSSR count). The molecule has 134 valence electrons. The zero-order valence-corrected chi connectivity index (χ0v) is 15.1. The number of carbonyl (C=O) groups excluding carboxylic acids is 1. The Morgan fingerprint density at radius 2 is 1.65 bits per heavy atom. The van der Waals surface area contributed by atoms with E-state index in [0.29, 0.717) is 0 Å². The molecule has 3 aromatic rings. The van der Waals surface area contributed by atoms with Crippen LogP contribution in [0.15, 0.2) is 60.8 Å². The Labute approximate surface area is 153 Å². The van der Waals surface area contributed by atoms with Gasteiger partial charge in [0.05, 0.1) is 11.2 Å². The Bertz CT molecular complexity index is 895. The van der Waals surface area contributed by atoms with Gasteiger partial charge >= 0.3 is 6.03 Å². The Balaban J connectivity index is 1.44. The highest BCUT2D eigenvalue weighted by atomic mass is 16.2. The second-order valence-electron chi connectivity index (χ2n) is 6.59. The van der Waals surface area contributed by atoms with Crippen molar-refractivity contribution in [3.05, 3.63) is 60.8 Å². The lowest BCUT2D eigenvalue weighted by Crippen LogP contribution is -2.50. The van der Waals surface area contributed by atoms with Crippen LogP contribution in [0.3, 0.4) is 0 Å². The number of hydrogen-bond donors (Lipinski definition) is 1. The van der Waals surface area contributed by atoms with E-state index in [1.807, 2.05) is 29.3 Å². The molecule has 1 aromatic heterocycles. The van der Waals surface area contributed by atoms with E-state index in [4.69, 9.17) is 0 Å². The van der Waals surface area contributed by atoms with Gasteiger partial charge in [-0.15, -0.1) is 0 Å². The maximum Gasteiger partial charge on any atom is 0.322 e. The van der Waals surface area contributed by atoms with Gasteiger partial charge in [0, 0.05) is 50.0 Å². The van der Waals surface area contributed by atoms with Gasteiger partial charge in [-0.1, -0.05) is 36.4 Å². The third-order valence-electron chi connectivity index (χ3n) is 5.06. The minimum absolute atomic E-state index is 0.0169. The number of benzene rings is 2. The summed E-state index contributed by atoms with van der Waals surface area (Å²) in [5, 5.41) is 4.20. The third-order valence-corrected chi connectivity index (χ3v) is 5.06. The molecule has 1 fully saturated rings. The number of hydrogen-bond acceptors (Lipinski definition) is 2. The van der Waals surface area contributed by atoms with Crippen LogP contribution >= 0.6 is 0 Å². The number of fused-ring (bicyclic) bond motifs is 1. The van der Waals surface area contributed by atoms with Crippen molar-refractivity contribution in [3.8, 4) is 0 Å². The Hall–Kier alpha value is -2.95. The number of nitrogens with zero attached hydrogens (tertiary/aromatic N) is 3. The zero-order valence-electron chi connectivity index (χ0n) is 15.1. The molecule has 1 aliphatic rings. The van der Waals surface area contributed by atoms with Gasteiger partial charge in [0.2, 0.25) is 0 Å². The number of anilines is 2. The Morgan fingerprint density at radius 3 is 2.38 bits per heavy atom. The molecule has 0 saturated carbocycles. The predicted molar refractivity (Wildman–Crippen MR) is 107 cm³/mol. The van der Waals surface area contributed by atoms with Crippen LogP contribution in [0.25, 0.3) is 10.9 Å². The summed E-state index contributed by atoms with van der Waals surface area (Å²) in [6.07, 6.45) is 2.03. The molecule has 5 heteroatoms. The van der Waals surface area contributed by atoms with E-state index < -0.39 is 0 Å². The lowest BCUT2D eigenvalue weighted by Gasteiger charge is -2.36. The van der Waals surface area contributed by atoms with Gasteiger partial charge in [-0.3, -0.25) is 0 Å². The van der Waals surface area contributed by atoms with Crippen molar-refractivity contribution in [2.24, 2.45) is 0 Å². The molecule has 5 nitrogen and oxygen atoms in total. The highest BCUT2D eigenvalue weighted by Gasteiger charge is 2.22. The van der Waals surface area contributed by atoms with Crippen molar-refractivity contribution < 1.29 is 4.79 Å². The maximum atomic E-state index is 12.7. The SMILES string of the molecule is CCn1cc(NC(=O)N2CCN(c3ccccc3)CC2)c2ccccc21. The highest BCUT2D eigenvalue weighted by Crippen LogP contribution is 2.26. The van der Waals surface area contributed by atoms with E-state index in [0.717, 1.165) is 49.3 Å².